The summed E-state index contributed by atoms with van der Waals surface area (Å²) in [6.45, 7) is 2.74. The number of fused-ring (bicyclic) bond motifs is 1. The molecule has 7 rings (SSSR count). The second kappa shape index (κ2) is 5.81. The van der Waals surface area contributed by atoms with Crippen LogP contribution in [0.2, 0.25) is 0 Å². The minimum Gasteiger partial charge on any atom is -0.274 e. The molecule has 4 saturated carbocycles. The van der Waals surface area contributed by atoms with E-state index in [-0.39, 0.29) is 22.6 Å². The highest BCUT2D eigenvalue weighted by atomic mass is 16.2. The highest BCUT2D eigenvalue weighted by Crippen LogP contribution is 2.66. The Morgan fingerprint density at radius 2 is 1.45 bits per heavy atom. The Balaban J connectivity index is 1.35. The third kappa shape index (κ3) is 2.49. The Hall–Kier alpha value is -2.42. The summed E-state index contributed by atoms with van der Waals surface area (Å²) in [5, 5.41) is 0. The van der Waals surface area contributed by atoms with Crippen LogP contribution in [0.15, 0.2) is 48.5 Å². The van der Waals surface area contributed by atoms with Crippen molar-refractivity contribution >= 4 is 11.8 Å². The third-order valence-corrected chi connectivity index (χ3v) is 8.22. The first kappa shape index (κ1) is 17.4. The fraction of sp³-hybridized carbons (Fsp3) is 0.462. The zero-order valence-corrected chi connectivity index (χ0v) is 17.0. The van der Waals surface area contributed by atoms with Crippen molar-refractivity contribution in [3.63, 3.8) is 0 Å². The minimum absolute atomic E-state index is 0.0856. The van der Waals surface area contributed by atoms with Crippen molar-refractivity contribution in [1.82, 2.24) is 4.90 Å². The van der Waals surface area contributed by atoms with Crippen LogP contribution in [0, 0.1) is 24.2 Å². The van der Waals surface area contributed by atoms with Crippen molar-refractivity contribution in [3.8, 4) is 0 Å². The van der Waals surface area contributed by atoms with Gasteiger partial charge in [0, 0.05) is 6.54 Å². The summed E-state index contributed by atoms with van der Waals surface area (Å²) >= 11 is 0. The van der Waals surface area contributed by atoms with Gasteiger partial charge in [-0.3, -0.25) is 14.5 Å². The van der Waals surface area contributed by atoms with Gasteiger partial charge < -0.3 is 0 Å². The Morgan fingerprint density at radius 3 is 2.03 bits per heavy atom. The van der Waals surface area contributed by atoms with Gasteiger partial charge in [-0.05, 0) is 85.8 Å². The van der Waals surface area contributed by atoms with Crippen LogP contribution < -0.4 is 0 Å². The number of hydrogen-bond acceptors (Lipinski definition) is 2. The fourth-order valence-corrected chi connectivity index (χ4v) is 7.60. The molecule has 2 aromatic carbocycles. The lowest BCUT2D eigenvalue weighted by Gasteiger charge is -2.63. The molecule has 4 fully saturated rings. The second-order valence-corrected chi connectivity index (χ2v) is 10.3. The second-order valence-electron chi connectivity index (χ2n) is 10.3. The molecule has 0 saturated heterocycles. The van der Waals surface area contributed by atoms with Crippen LogP contribution in [0.25, 0.3) is 0 Å². The van der Waals surface area contributed by atoms with Crippen LogP contribution in [0.5, 0.6) is 0 Å². The Kier molecular flexibility index (Phi) is 3.49. The van der Waals surface area contributed by atoms with Crippen molar-refractivity contribution in [2.24, 2.45) is 17.3 Å². The van der Waals surface area contributed by atoms with E-state index in [1.165, 1.54) is 43.2 Å². The molecule has 2 unspecified atom stereocenters. The predicted molar refractivity (Wildman–Crippen MR) is 112 cm³/mol. The molecule has 5 aliphatic rings. The molecule has 1 aliphatic heterocycles. The summed E-state index contributed by atoms with van der Waals surface area (Å²) < 4.78 is 0. The zero-order valence-electron chi connectivity index (χ0n) is 17.0. The lowest BCUT2D eigenvalue weighted by Crippen LogP contribution is -2.57. The van der Waals surface area contributed by atoms with Crippen LogP contribution in [0.4, 0.5) is 0 Å². The fourth-order valence-electron chi connectivity index (χ4n) is 7.60. The maximum absolute atomic E-state index is 13.0. The van der Waals surface area contributed by atoms with Gasteiger partial charge in [-0.2, -0.15) is 0 Å². The summed E-state index contributed by atoms with van der Waals surface area (Å²) in [5.41, 5.74) is 4.26. The highest BCUT2D eigenvalue weighted by molar-refractivity contribution is 6.21. The average molecular weight is 386 g/mol. The predicted octanol–water partition coefficient (Wildman–Crippen LogP) is 5.13. The normalized spacial score (nSPS) is 34.7. The van der Waals surface area contributed by atoms with Gasteiger partial charge in [0.15, 0.2) is 0 Å². The lowest BCUT2D eigenvalue weighted by molar-refractivity contribution is -0.0794. The molecule has 2 aromatic rings. The number of hydrogen-bond donors (Lipinski definition) is 0. The SMILES string of the molecule is Cc1ccc(C23C[C@@H]4C[C@@H](CC(CN5C(=O)c6ccccc6C5=O)(C4)C2)C3)cc1. The van der Waals surface area contributed by atoms with Crippen LogP contribution >= 0.6 is 0 Å². The largest absolute Gasteiger partial charge is 0.274 e. The van der Waals surface area contributed by atoms with E-state index in [2.05, 4.69) is 31.2 Å². The van der Waals surface area contributed by atoms with Crippen molar-refractivity contribution in [2.75, 3.05) is 6.54 Å². The number of amides is 2. The van der Waals surface area contributed by atoms with Gasteiger partial charge in [0.2, 0.25) is 0 Å². The van der Waals surface area contributed by atoms with Crippen LogP contribution in [-0.2, 0) is 5.41 Å². The molecule has 148 valence electrons. The molecular formula is C26H27NO2. The zero-order chi connectivity index (χ0) is 19.8. The molecule has 0 N–H and O–H groups in total. The Bertz CT molecular complexity index is 972. The van der Waals surface area contributed by atoms with E-state index in [1.54, 1.807) is 17.0 Å². The Morgan fingerprint density at radius 1 is 0.862 bits per heavy atom. The molecule has 4 atom stereocenters. The molecule has 1 heterocycles. The van der Waals surface area contributed by atoms with Gasteiger partial charge in [0.25, 0.3) is 11.8 Å². The Labute approximate surface area is 172 Å². The third-order valence-electron chi connectivity index (χ3n) is 8.22. The number of carbonyl (C=O) groups is 2. The number of nitrogens with zero attached hydrogens (tertiary/aromatic N) is 1. The molecule has 4 bridgehead atoms. The minimum atomic E-state index is -0.0919. The van der Waals surface area contributed by atoms with E-state index in [0.717, 1.165) is 18.3 Å². The monoisotopic (exact) mass is 385 g/mol. The average Bonchev–Trinajstić information content (AvgIpc) is 2.92. The number of benzene rings is 2. The molecule has 0 spiro atoms. The smallest absolute Gasteiger partial charge is 0.261 e. The maximum Gasteiger partial charge on any atom is 0.261 e. The number of imide groups is 1. The summed E-state index contributed by atoms with van der Waals surface area (Å²) in [5.74, 6) is 1.27. The van der Waals surface area contributed by atoms with Gasteiger partial charge in [0.1, 0.15) is 0 Å². The topological polar surface area (TPSA) is 37.4 Å². The van der Waals surface area contributed by atoms with Gasteiger partial charge in [0.05, 0.1) is 11.1 Å². The van der Waals surface area contributed by atoms with Crippen LogP contribution in [-0.4, -0.2) is 23.3 Å². The molecule has 4 aliphatic carbocycles. The molecule has 0 radical (unpaired) electrons. The standard InChI is InChI=1S/C26H27NO2/c1-17-6-8-20(9-7-17)26-13-18-10-19(14-26)12-25(11-18,15-26)16-27-23(28)21-4-2-3-5-22(21)24(27)29/h2-9,18-19H,10-16H2,1H3/t18-,19+,25?,26?. The number of carbonyl (C=O) groups excluding carboxylic acids is 2. The van der Waals surface area contributed by atoms with Crippen molar-refractivity contribution in [1.29, 1.82) is 0 Å². The van der Waals surface area contributed by atoms with E-state index in [0.29, 0.717) is 17.7 Å². The van der Waals surface area contributed by atoms with Gasteiger partial charge in [-0.1, -0.05) is 42.0 Å². The first-order valence-corrected chi connectivity index (χ1v) is 11.0. The van der Waals surface area contributed by atoms with Gasteiger partial charge in [-0.25, -0.2) is 0 Å². The number of rotatable bonds is 3. The molecule has 3 nitrogen and oxygen atoms in total. The van der Waals surface area contributed by atoms with Crippen LogP contribution in [0.1, 0.15) is 70.4 Å². The van der Waals surface area contributed by atoms with E-state index >= 15 is 0 Å². The first-order chi connectivity index (χ1) is 14.0. The van der Waals surface area contributed by atoms with Crippen molar-refractivity contribution < 1.29 is 9.59 Å². The first-order valence-electron chi connectivity index (χ1n) is 11.0. The van der Waals surface area contributed by atoms with Crippen molar-refractivity contribution in [2.45, 2.75) is 50.9 Å². The molecule has 2 amide bonds. The van der Waals surface area contributed by atoms with Crippen molar-refractivity contribution in [3.05, 3.63) is 70.8 Å². The summed E-state index contributed by atoms with van der Waals surface area (Å²) in [7, 11) is 0. The van der Waals surface area contributed by atoms with E-state index in [9.17, 15) is 9.59 Å². The molecule has 3 heteroatoms. The van der Waals surface area contributed by atoms with E-state index in [1.807, 2.05) is 12.1 Å². The summed E-state index contributed by atoms with van der Waals surface area (Å²) in [6, 6.07) is 16.4. The van der Waals surface area contributed by atoms with Gasteiger partial charge in [-0.15, -0.1) is 0 Å². The maximum atomic E-state index is 13.0. The lowest BCUT2D eigenvalue weighted by atomic mass is 9.43. The molecule has 29 heavy (non-hydrogen) atoms. The van der Waals surface area contributed by atoms with E-state index in [4.69, 9.17) is 0 Å². The van der Waals surface area contributed by atoms with Gasteiger partial charge >= 0.3 is 0 Å². The summed E-state index contributed by atoms with van der Waals surface area (Å²) in [6.07, 6.45) is 7.34. The highest BCUT2D eigenvalue weighted by Gasteiger charge is 2.59. The van der Waals surface area contributed by atoms with E-state index < -0.39 is 0 Å². The van der Waals surface area contributed by atoms with Crippen LogP contribution in [0.3, 0.4) is 0 Å². The summed E-state index contributed by atoms with van der Waals surface area (Å²) in [4.78, 5) is 27.6. The number of aryl methyl sites for hydroxylation is 1. The molecule has 0 aromatic heterocycles. The quantitative estimate of drug-likeness (QED) is 0.687. The molecular weight excluding hydrogens is 358 g/mol.